The van der Waals surface area contributed by atoms with Gasteiger partial charge >= 0.3 is 7.82 Å². The minimum absolute atomic E-state index is 0.210. The van der Waals surface area contributed by atoms with Crippen molar-refractivity contribution in [2.75, 3.05) is 11.9 Å². The zero-order chi connectivity index (χ0) is 15.9. The molecule has 0 saturated carbocycles. The molecule has 0 radical (unpaired) electrons. The van der Waals surface area contributed by atoms with Crippen LogP contribution in [0.25, 0.3) is 5.57 Å². The molecule has 3 rings (SSSR count). The van der Waals surface area contributed by atoms with Gasteiger partial charge in [-0.2, -0.15) is 0 Å². The second-order valence-electron chi connectivity index (χ2n) is 5.11. The molecule has 2 aromatic rings. The molecule has 0 amide bonds. The van der Waals surface area contributed by atoms with Crippen molar-refractivity contribution in [2.45, 2.75) is 6.92 Å². The van der Waals surface area contributed by atoms with Gasteiger partial charge in [-0.3, -0.25) is 9.79 Å². The number of allylic oxidation sites excluding steroid dienone is 1. The Balaban J connectivity index is 2.29. The fraction of sp³-hybridized carbons (Fsp3) is 0.125. The summed E-state index contributed by atoms with van der Waals surface area (Å²) in [6.07, 6.45) is 0. The third-order valence-electron chi connectivity index (χ3n) is 3.68. The standard InChI is InChI=1S/C16H16NO4P/c1-11(21-22(18,19)20)16-12-7-3-5-9-14(12)17(2)15-10-6-4-8-13(15)16/h3-10H,1-2H3,(H2,18,19,20). The number of phosphoric acid groups is 1. The minimum Gasteiger partial charge on any atom is -0.408 e. The van der Waals surface area contributed by atoms with Gasteiger partial charge in [0.2, 0.25) is 0 Å². The lowest BCUT2D eigenvalue weighted by molar-refractivity contribution is 0.244. The highest BCUT2D eigenvalue weighted by Crippen LogP contribution is 2.48. The molecular formula is C16H16NO4P. The van der Waals surface area contributed by atoms with Crippen molar-refractivity contribution >= 4 is 24.8 Å². The molecule has 6 heteroatoms. The van der Waals surface area contributed by atoms with Crippen LogP contribution in [0.4, 0.5) is 11.4 Å². The van der Waals surface area contributed by atoms with Gasteiger partial charge in [-0.25, -0.2) is 4.57 Å². The fourth-order valence-electron chi connectivity index (χ4n) is 2.83. The Morgan fingerprint density at radius 3 is 1.91 bits per heavy atom. The van der Waals surface area contributed by atoms with Crippen molar-refractivity contribution in [1.82, 2.24) is 0 Å². The first-order valence-corrected chi connectivity index (χ1v) is 8.30. The van der Waals surface area contributed by atoms with Crippen molar-refractivity contribution in [3.8, 4) is 0 Å². The third-order valence-corrected chi connectivity index (χ3v) is 4.19. The summed E-state index contributed by atoms with van der Waals surface area (Å²) in [5, 5.41) is 0. The lowest BCUT2D eigenvalue weighted by atomic mass is 9.90. The van der Waals surface area contributed by atoms with E-state index in [1.165, 1.54) is 0 Å². The Bertz CT molecular complexity index is 760. The van der Waals surface area contributed by atoms with Gasteiger partial charge < -0.3 is 9.42 Å². The average Bonchev–Trinajstić information content (AvgIpc) is 2.46. The van der Waals surface area contributed by atoms with Crippen molar-refractivity contribution in [1.29, 1.82) is 0 Å². The molecule has 1 aliphatic rings. The zero-order valence-electron chi connectivity index (χ0n) is 12.2. The maximum atomic E-state index is 11.2. The minimum atomic E-state index is -4.60. The quantitative estimate of drug-likeness (QED) is 0.653. The average molecular weight is 317 g/mol. The van der Waals surface area contributed by atoms with E-state index in [9.17, 15) is 4.57 Å². The highest BCUT2D eigenvalue weighted by Gasteiger charge is 2.27. The number of benzene rings is 2. The Morgan fingerprint density at radius 1 is 1.00 bits per heavy atom. The lowest BCUT2D eigenvalue weighted by Crippen LogP contribution is -2.18. The van der Waals surface area contributed by atoms with Crippen molar-refractivity contribution in [2.24, 2.45) is 0 Å². The molecular weight excluding hydrogens is 301 g/mol. The van der Waals surface area contributed by atoms with E-state index >= 15 is 0 Å². The van der Waals surface area contributed by atoms with Crippen LogP contribution in [0, 0.1) is 0 Å². The second-order valence-corrected chi connectivity index (χ2v) is 6.27. The molecule has 2 aromatic carbocycles. The SMILES string of the molecule is CC(OP(=O)(O)O)=C1c2ccccc2N(C)c2ccccc21. The van der Waals surface area contributed by atoms with Gasteiger partial charge in [0.05, 0.1) is 0 Å². The fourth-order valence-corrected chi connectivity index (χ4v) is 3.28. The molecule has 0 unspecified atom stereocenters. The largest absolute Gasteiger partial charge is 0.524 e. The molecule has 2 N–H and O–H groups in total. The summed E-state index contributed by atoms with van der Waals surface area (Å²) in [6, 6.07) is 15.4. The monoisotopic (exact) mass is 317 g/mol. The van der Waals surface area contributed by atoms with E-state index < -0.39 is 7.82 Å². The molecule has 0 bridgehead atoms. The summed E-state index contributed by atoms with van der Waals surface area (Å²) in [7, 11) is -2.63. The van der Waals surface area contributed by atoms with Crippen LogP contribution in [0.15, 0.2) is 54.3 Å². The molecule has 0 saturated heterocycles. The van der Waals surface area contributed by atoms with E-state index in [0.717, 1.165) is 22.5 Å². The maximum Gasteiger partial charge on any atom is 0.524 e. The first-order valence-electron chi connectivity index (χ1n) is 6.77. The van der Waals surface area contributed by atoms with Crippen LogP contribution >= 0.6 is 7.82 Å². The molecule has 0 aromatic heterocycles. The smallest absolute Gasteiger partial charge is 0.408 e. The number of anilines is 2. The van der Waals surface area contributed by atoms with Crippen LogP contribution in [-0.2, 0) is 9.09 Å². The molecule has 5 nitrogen and oxygen atoms in total. The van der Waals surface area contributed by atoms with Gasteiger partial charge in [0.25, 0.3) is 0 Å². The number of phosphoric ester groups is 1. The number of hydrogen-bond acceptors (Lipinski definition) is 3. The van der Waals surface area contributed by atoms with Crippen LogP contribution in [-0.4, -0.2) is 16.8 Å². The van der Waals surface area contributed by atoms with Crippen LogP contribution in [0.5, 0.6) is 0 Å². The summed E-state index contributed by atoms with van der Waals surface area (Å²) in [6.45, 7) is 1.58. The summed E-state index contributed by atoms with van der Waals surface area (Å²) < 4.78 is 16.1. The number of para-hydroxylation sites is 2. The number of fused-ring (bicyclic) bond motifs is 2. The number of nitrogens with zero attached hydrogens (tertiary/aromatic N) is 1. The first kappa shape index (κ1) is 14.9. The van der Waals surface area contributed by atoms with Gasteiger partial charge in [0.1, 0.15) is 5.76 Å². The molecule has 22 heavy (non-hydrogen) atoms. The topological polar surface area (TPSA) is 70.0 Å². The number of hydrogen-bond donors (Lipinski definition) is 2. The lowest BCUT2D eigenvalue weighted by Gasteiger charge is -2.32. The van der Waals surface area contributed by atoms with Gasteiger partial charge in [-0.05, 0) is 19.1 Å². The van der Waals surface area contributed by atoms with Crippen LogP contribution in [0.1, 0.15) is 18.1 Å². The van der Waals surface area contributed by atoms with Crippen molar-refractivity contribution in [3.63, 3.8) is 0 Å². The van der Waals surface area contributed by atoms with Crippen LogP contribution in [0.2, 0.25) is 0 Å². The zero-order valence-corrected chi connectivity index (χ0v) is 13.1. The van der Waals surface area contributed by atoms with E-state index in [2.05, 4.69) is 4.90 Å². The molecule has 0 atom stereocenters. The summed E-state index contributed by atoms with van der Waals surface area (Å²) in [4.78, 5) is 20.3. The van der Waals surface area contributed by atoms with Crippen molar-refractivity contribution < 1.29 is 18.9 Å². The second kappa shape index (κ2) is 5.29. The van der Waals surface area contributed by atoms with Gasteiger partial charge in [0, 0.05) is 35.1 Å². The Kier molecular flexibility index (Phi) is 3.57. The molecule has 0 aliphatic carbocycles. The van der Waals surface area contributed by atoms with E-state index in [4.69, 9.17) is 14.3 Å². The van der Waals surface area contributed by atoms with Crippen LogP contribution in [0.3, 0.4) is 0 Å². The molecule has 114 valence electrons. The molecule has 0 spiro atoms. The molecule has 0 fully saturated rings. The predicted octanol–water partition coefficient (Wildman–Crippen LogP) is 3.66. The first-order chi connectivity index (χ1) is 10.4. The van der Waals surface area contributed by atoms with E-state index in [0.29, 0.717) is 5.57 Å². The highest BCUT2D eigenvalue weighted by atomic mass is 31.2. The Labute approximate surface area is 128 Å². The van der Waals surface area contributed by atoms with E-state index in [1.54, 1.807) is 6.92 Å². The van der Waals surface area contributed by atoms with E-state index in [1.807, 2.05) is 55.6 Å². The van der Waals surface area contributed by atoms with Crippen molar-refractivity contribution in [3.05, 3.63) is 65.4 Å². The van der Waals surface area contributed by atoms with Crippen LogP contribution < -0.4 is 4.90 Å². The highest BCUT2D eigenvalue weighted by molar-refractivity contribution is 7.46. The number of rotatable bonds is 2. The normalized spacial score (nSPS) is 13.5. The van der Waals surface area contributed by atoms with E-state index in [-0.39, 0.29) is 5.76 Å². The summed E-state index contributed by atoms with van der Waals surface area (Å²) in [5.41, 5.74) is 4.40. The molecule has 1 aliphatic heterocycles. The third kappa shape index (κ3) is 2.55. The Hall–Kier alpha value is -2.07. The molecule has 1 heterocycles. The summed E-state index contributed by atoms with van der Waals surface area (Å²) in [5.74, 6) is 0.210. The summed E-state index contributed by atoms with van der Waals surface area (Å²) >= 11 is 0. The Morgan fingerprint density at radius 2 is 1.45 bits per heavy atom. The predicted molar refractivity (Wildman–Crippen MR) is 85.8 cm³/mol. The maximum absolute atomic E-state index is 11.2. The van der Waals surface area contributed by atoms with Gasteiger partial charge in [-0.15, -0.1) is 0 Å². The van der Waals surface area contributed by atoms with Gasteiger partial charge in [0.15, 0.2) is 0 Å². The van der Waals surface area contributed by atoms with Gasteiger partial charge in [-0.1, -0.05) is 36.4 Å².